The number of rotatable bonds is 6. The van der Waals surface area contributed by atoms with E-state index in [-0.39, 0.29) is 12.4 Å². The molecule has 0 aliphatic carbocycles. The Labute approximate surface area is 122 Å². The maximum Gasteiger partial charge on any atom is 0.333 e. The quantitative estimate of drug-likeness (QED) is 0.502. The molecule has 0 amide bonds. The van der Waals surface area contributed by atoms with Crippen molar-refractivity contribution in [1.29, 1.82) is 0 Å². The Bertz CT molecular complexity index is 666. The lowest BCUT2D eigenvalue weighted by molar-refractivity contribution is -0.140. The minimum absolute atomic E-state index is 0.143. The second kappa shape index (κ2) is 6.85. The molecule has 1 aromatic carbocycles. The Morgan fingerprint density at radius 2 is 2.14 bits per heavy atom. The van der Waals surface area contributed by atoms with Crippen molar-refractivity contribution in [2.45, 2.75) is 13.5 Å². The molecule has 1 heterocycles. The van der Waals surface area contributed by atoms with Crippen LogP contribution in [-0.4, -0.2) is 29.3 Å². The minimum atomic E-state index is -0.419. The number of phenolic OH excluding ortho intramolecular Hbond substituents is 1. The predicted molar refractivity (Wildman–Crippen MR) is 78.8 cm³/mol. The van der Waals surface area contributed by atoms with Gasteiger partial charge in [0.2, 0.25) is 0 Å². The molecule has 0 unspecified atom stereocenters. The number of hydrogen-bond donors (Lipinski definition) is 1. The summed E-state index contributed by atoms with van der Waals surface area (Å²) in [6.07, 6.45) is 1.63. The van der Waals surface area contributed by atoms with Crippen LogP contribution in [0.15, 0.2) is 42.6 Å². The van der Waals surface area contributed by atoms with E-state index in [4.69, 9.17) is 9.47 Å². The molecule has 0 saturated carbocycles. The molecule has 2 rings (SSSR count). The highest BCUT2D eigenvalue weighted by atomic mass is 16.6. The van der Waals surface area contributed by atoms with E-state index in [1.54, 1.807) is 31.3 Å². The van der Waals surface area contributed by atoms with E-state index in [0.29, 0.717) is 24.3 Å². The average molecular weight is 287 g/mol. The van der Waals surface area contributed by atoms with Crippen molar-refractivity contribution in [3.8, 4) is 5.75 Å². The molecule has 0 aliphatic rings. The number of nitrogens with zero attached hydrogens (tertiary/aromatic N) is 1. The van der Waals surface area contributed by atoms with Crippen LogP contribution >= 0.6 is 0 Å². The molecular weight excluding hydrogens is 270 g/mol. The molecular formula is C16H17NO4. The monoisotopic (exact) mass is 287 g/mol. The highest BCUT2D eigenvalue weighted by molar-refractivity contribution is 5.87. The van der Waals surface area contributed by atoms with Crippen LogP contribution in [-0.2, 0) is 20.9 Å². The largest absolute Gasteiger partial charge is 0.506 e. The van der Waals surface area contributed by atoms with Gasteiger partial charge in [0.1, 0.15) is 17.9 Å². The number of phenols is 1. The first-order valence-corrected chi connectivity index (χ1v) is 6.55. The molecule has 0 fully saturated rings. The van der Waals surface area contributed by atoms with Crippen molar-refractivity contribution in [2.75, 3.05) is 13.2 Å². The number of hydrogen-bond acceptors (Lipinski definition) is 5. The SMILES string of the molecule is C=C(C)C(=O)OCCOCc1ccc(O)c2ncccc12. The number of pyridine rings is 1. The third-order valence-corrected chi connectivity index (χ3v) is 2.91. The molecule has 21 heavy (non-hydrogen) atoms. The lowest BCUT2D eigenvalue weighted by atomic mass is 10.1. The van der Waals surface area contributed by atoms with E-state index < -0.39 is 5.97 Å². The van der Waals surface area contributed by atoms with Gasteiger partial charge in [0.15, 0.2) is 0 Å². The molecule has 110 valence electrons. The van der Waals surface area contributed by atoms with Crippen molar-refractivity contribution in [2.24, 2.45) is 0 Å². The van der Waals surface area contributed by atoms with Crippen LogP contribution in [0.25, 0.3) is 10.9 Å². The standard InChI is InChI=1S/C16H17NO4/c1-11(2)16(19)21-9-8-20-10-12-5-6-14(18)15-13(12)4-3-7-17-15/h3-7,18H,1,8-10H2,2H3. The summed E-state index contributed by atoms with van der Waals surface area (Å²) in [4.78, 5) is 15.3. The van der Waals surface area contributed by atoms with Crippen LogP contribution in [0.5, 0.6) is 5.75 Å². The lowest BCUT2D eigenvalue weighted by Crippen LogP contribution is -2.10. The van der Waals surface area contributed by atoms with Gasteiger partial charge in [-0.2, -0.15) is 0 Å². The van der Waals surface area contributed by atoms with Crippen molar-refractivity contribution in [1.82, 2.24) is 4.98 Å². The van der Waals surface area contributed by atoms with Gasteiger partial charge in [-0.15, -0.1) is 0 Å². The molecule has 0 bridgehead atoms. The molecule has 0 saturated heterocycles. The fourth-order valence-corrected chi connectivity index (χ4v) is 1.84. The van der Waals surface area contributed by atoms with Crippen LogP contribution < -0.4 is 0 Å². The summed E-state index contributed by atoms with van der Waals surface area (Å²) in [5, 5.41) is 10.6. The third kappa shape index (κ3) is 3.79. The van der Waals surface area contributed by atoms with E-state index in [2.05, 4.69) is 11.6 Å². The fraction of sp³-hybridized carbons (Fsp3) is 0.250. The predicted octanol–water partition coefficient (Wildman–Crippen LogP) is 2.58. The summed E-state index contributed by atoms with van der Waals surface area (Å²) >= 11 is 0. The summed E-state index contributed by atoms with van der Waals surface area (Å²) in [6, 6.07) is 7.07. The zero-order valence-corrected chi connectivity index (χ0v) is 11.8. The van der Waals surface area contributed by atoms with Crippen LogP contribution in [0.1, 0.15) is 12.5 Å². The van der Waals surface area contributed by atoms with Gasteiger partial charge in [-0.1, -0.05) is 18.7 Å². The number of carbonyl (C=O) groups excluding carboxylic acids is 1. The summed E-state index contributed by atoms with van der Waals surface area (Å²) in [5.41, 5.74) is 1.83. The van der Waals surface area contributed by atoms with Gasteiger partial charge in [0, 0.05) is 17.2 Å². The van der Waals surface area contributed by atoms with Crippen LogP contribution in [0.3, 0.4) is 0 Å². The second-order valence-corrected chi connectivity index (χ2v) is 4.61. The van der Waals surface area contributed by atoms with Crippen molar-refractivity contribution >= 4 is 16.9 Å². The smallest absolute Gasteiger partial charge is 0.333 e. The van der Waals surface area contributed by atoms with Crippen molar-refractivity contribution < 1.29 is 19.4 Å². The van der Waals surface area contributed by atoms with E-state index in [1.165, 1.54) is 0 Å². The van der Waals surface area contributed by atoms with Gasteiger partial charge in [0.05, 0.1) is 13.2 Å². The summed E-state index contributed by atoms with van der Waals surface area (Å²) in [5.74, 6) is -0.275. The fourth-order valence-electron chi connectivity index (χ4n) is 1.84. The highest BCUT2D eigenvalue weighted by Crippen LogP contribution is 2.25. The molecule has 0 radical (unpaired) electrons. The zero-order valence-electron chi connectivity index (χ0n) is 11.8. The molecule has 1 aromatic heterocycles. The highest BCUT2D eigenvalue weighted by Gasteiger charge is 2.06. The summed E-state index contributed by atoms with van der Waals surface area (Å²) < 4.78 is 10.4. The number of carbonyl (C=O) groups is 1. The van der Waals surface area contributed by atoms with Crippen molar-refractivity contribution in [3.63, 3.8) is 0 Å². The first-order valence-electron chi connectivity index (χ1n) is 6.55. The molecule has 5 nitrogen and oxygen atoms in total. The molecule has 5 heteroatoms. The van der Waals surface area contributed by atoms with E-state index in [9.17, 15) is 9.90 Å². The van der Waals surface area contributed by atoms with Gasteiger partial charge in [-0.05, 0) is 24.6 Å². The maximum absolute atomic E-state index is 11.2. The first-order chi connectivity index (χ1) is 10.1. The second-order valence-electron chi connectivity index (χ2n) is 4.61. The van der Waals surface area contributed by atoms with Gasteiger partial charge in [-0.25, -0.2) is 4.79 Å². The van der Waals surface area contributed by atoms with Gasteiger partial charge in [0.25, 0.3) is 0 Å². The molecule has 0 aliphatic heterocycles. The Balaban J connectivity index is 1.91. The Hall–Kier alpha value is -2.40. The lowest BCUT2D eigenvalue weighted by Gasteiger charge is -2.09. The average Bonchev–Trinajstić information content (AvgIpc) is 2.49. The number of aromatic hydroxyl groups is 1. The van der Waals surface area contributed by atoms with Crippen LogP contribution in [0.2, 0.25) is 0 Å². The van der Waals surface area contributed by atoms with Gasteiger partial charge >= 0.3 is 5.97 Å². The van der Waals surface area contributed by atoms with Crippen molar-refractivity contribution in [3.05, 3.63) is 48.2 Å². The van der Waals surface area contributed by atoms with E-state index >= 15 is 0 Å². The normalized spacial score (nSPS) is 10.5. The van der Waals surface area contributed by atoms with Crippen LogP contribution in [0.4, 0.5) is 0 Å². The van der Waals surface area contributed by atoms with Crippen LogP contribution in [0, 0.1) is 0 Å². The number of esters is 1. The number of aromatic nitrogens is 1. The van der Waals surface area contributed by atoms with E-state index in [1.807, 2.05) is 6.07 Å². The third-order valence-electron chi connectivity index (χ3n) is 2.91. The Morgan fingerprint density at radius 3 is 2.90 bits per heavy atom. The molecule has 2 aromatic rings. The first kappa shape index (κ1) is 15.0. The number of fused-ring (bicyclic) bond motifs is 1. The summed E-state index contributed by atoms with van der Waals surface area (Å²) in [7, 11) is 0. The number of benzene rings is 1. The zero-order chi connectivity index (χ0) is 15.2. The minimum Gasteiger partial charge on any atom is -0.506 e. The van der Waals surface area contributed by atoms with Gasteiger partial charge < -0.3 is 14.6 Å². The number of ether oxygens (including phenoxy) is 2. The Morgan fingerprint density at radius 1 is 1.33 bits per heavy atom. The Kier molecular flexibility index (Phi) is 4.90. The molecule has 1 N–H and O–H groups in total. The van der Waals surface area contributed by atoms with Gasteiger partial charge in [-0.3, -0.25) is 4.98 Å². The van der Waals surface area contributed by atoms with E-state index in [0.717, 1.165) is 10.9 Å². The topological polar surface area (TPSA) is 68.7 Å². The summed E-state index contributed by atoms with van der Waals surface area (Å²) in [6.45, 7) is 5.92. The molecule has 0 spiro atoms. The molecule has 0 atom stereocenters. The maximum atomic E-state index is 11.2.